The number of benzene rings is 1. The van der Waals surface area contributed by atoms with E-state index in [1.165, 1.54) is 37.9 Å². The van der Waals surface area contributed by atoms with E-state index in [1.807, 2.05) is 39.1 Å². The van der Waals surface area contributed by atoms with Crippen LogP contribution in [0.25, 0.3) is 0 Å². The molecule has 36 heavy (non-hydrogen) atoms. The van der Waals surface area contributed by atoms with Gasteiger partial charge >= 0.3 is 0 Å². The zero-order valence-electron chi connectivity index (χ0n) is 23.2. The molecule has 2 aromatic rings. The lowest BCUT2D eigenvalue weighted by atomic mass is 9.82. The number of nitrogens with one attached hydrogen (secondary N) is 2. The molecule has 1 unspecified atom stereocenters. The second kappa shape index (κ2) is 15.1. The quantitative estimate of drug-likeness (QED) is 0.462. The highest BCUT2D eigenvalue weighted by molar-refractivity contribution is 7.13. The number of hydrogen-bond acceptors (Lipinski definition) is 7. The second-order valence-corrected chi connectivity index (χ2v) is 11.1. The number of rotatable bonds is 6. The zero-order valence-corrected chi connectivity index (χ0v) is 24.0. The van der Waals surface area contributed by atoms with Crippen molar-refractivity contribution in [1.82, 2.24) is 9.88 Å². The molecule has 2 aliphatic rings. The molecule has 3 heterocycles. The summed E-state index contributed by atoms with van der Waals surface area (Å²) < 4.78 is 13.9. The molecule has 4 rings (SSSR count). The van der Waals surface area contributed by atoms with Crippen LogP contribution in [0.4, 0.5) is 15.2 Å². The lowest BCUT2D eigenvalue weighted by molar-refractivity contribution is -0.116. The first-order chi connectivity index (χ1) is 17.1. The van der Waals surface area contributed by atoms with E-state index in [2.05, 4.69) is 41.3 Å². The third-order valence-corrected chi connectivity index (χ3v) is 7.48. The first kappa shape index (κ1) is 31.7. The van der Waals surface area contributed by atoms with Gasteiger partial charge in [-0.3, -0.25) is 4.90 Å². The van der Waals surface area contributed by atoms with Crippen molar-refractivity contribution < 1.29 is 14.0 Å². The third-order valence-electron chi connectivity index (χ3n) is 6.68. The average Bonchev–Trinajstić information content (AvgIpc) is 3.56. The lowest BCUT2D eigenvalue weighted by Crippen LogP contribution is -2.44. The van der Waals surface area contributed by atoms with Gasteiger partial charge in [-0.2, -0.15) is 0 Å². The number of nitrogens with zero attached hydrogens (tertiary/aromatic N) is 2. The number of thiazole rings is 1. The molecule has 2 saturated heterocycles. The van der Waals surface area contributed by atoms with Crippen molar-refractivity contribution in [2.45, 2.75) is 79.2 Å². The Morgan fingerprint density at radius 3 is 2.44 bits per heavy atom. The van der Waals surface area contributed by atoms with Gasteiger partial charge in [0.2, 0.25) is 0 Å². The van der Waals surface area contributed by atoms with Gasteiger partial charge in [0.15, 0.2) is 5.13 Å². The SMILES string of the molecule is C=O.CCC(C)=O.CCc1cc(C)c(F)cc1NCC12CCCN1CC(C)(C)C2.CNc1nccs1. The topological polar surface area (TPSA) is 74.3 Å². The summed E-state index contributed by atoms with van der Waals surface area (Å²) in [5, 5.41) is 9.42. The van der Waals surface area contributed by atoms with Crippen molar-refractivity contribution >= 4 is 34.7 Å². The molecule has 6 nitrogen and oxygen atoms in total. The number of anilines is 2. The van der Waals surface area contributed by atoms with E-state index in [0.29, 0.717) is 11.8 Å². The number of aryl methyl sites for hydroxylation is 2. The first-order valence-electron chi connectivity index (χ1n) is 12.7. The lowest BCUT2D eigenvalue weighted by Gasteiger charge is -2.33. The van der Waals surface area contributed by atoms with Gasteiger partial charge in [0.05, 0.1) is 0 Å². The van der Waals surface area contributed by atoms with Gasteiger partial charge in [0.25, 0.3) is 0 Å². The highest BCUT2D eigenvalue weighted by atomic mass is 32.1. The number of carbonyl (C=O) groups excluding carboxylic acids is 2. The molecule has 2 N–H and O–H groups in total. The number of aromatic nitrogens is 1. The summed E-state index contributed by atoms with van der Waals surface area (Å²) in [6.07, 6.45) is 7.17. The van der Waals surface area contributed by atoms with Crippen LogP contribution in [0.5, 0.6) is 0 Å². The summed E-state index contributed by atoms with van der Waals surface area (Å²) in [6.45, 7) is 17.5. The summed E-state index contributed by atoms with van der Waals surface area (Å²) in [5.41, 5.74) is 3.61. The highest BCUT2D eigenvalue weighted by Gasteiger charge is 2.51. The summed E-state index contributed by atoms with van der Waals surface area (Å²) in [7, 11) is 1.86. The summed E-state index contributed by atoms with van der Waals surface area (Å²) in [6, 6.07) is 3.67. The monoisotopic (exact) mass is 520 g/mol. The predicted octanol–water partition coefficient (Wildman–Crippen LogP) is 6.36. The largest absolute Gasteiger partial charge is 0.383 e. The van der Waals surface area contributed by atoms with Crippen LogP contribution in [-0.2, 0) is 16.0 Å². The van der Waals surface area contributed by atoms with Crippen LogP contribution in [0, 0.1) is 18.2 Å². The van der Waals surface area contributed by atoms with E-state index in [0.717, 1.165) is 29.3 Å². The van der Waals surface area contributed by atoms with Crippen LogP contribution in [0.3, 0.4) is 0 Å². The number of fused-ring (bicyclic) bond motifs is 1. The van der Waals surface area contributed by atoms with E-state index in [9.17, 15) is 9.18 Å². The number of halogens is 1. The molecule has 8 heteroatoms. The van der Waals surface area contributed by atoms with Crippen LogP contribution < -0.4 is 10.6 Å². The molecule has 1 aromatic heterocycles. The van der Waals surface area contributed by atoms with Crippen LogP contribution in [-0.4, -0.2) is 54.7 Å². The Hall–Kier alpha value is -2.32. The number of hydrogen-bond donors (Lipinski definition) is 2. The van der Waals surface area contributed by atoms with Crippen LogP contribution >= 0.6 is 11.3 Å². The van der Waals surface area contributed by atoms with Crippen molar-refractivity contribution in [3.8, 4) is 0 Å². The van der Waals surface area contributed by atoms with Gasteiger partial charge in [0, 0.05) is 49.4 Å². The van der Waals surface area contributed by atoms with Gasteiger partial charge in [-0.1, -0.05) is 33.8 Å². The summed E-state index contributed by atoms with van der Waals surface area (Å²) in [4.78, 5) is 24.4. The van der Waals surface area contributed by atoms with E-state index in [4.69, 9.17) is 4.79 Å². The Kier molecular flexibility index (Phi) is 13.3. The highest BCUT2D eigenvalue weighted by Crippen LogP contribution is 2.47. The van der Waals surface area contributed by atoms with Crippen LogP contribution in [0.1, 0.15) is 71.4 Å². The third kappa shape index (κ3) is 9.28. The Bertz CT molecular complexity index is 936. The number of ketones is 1. The normalized spacial score (nSPS) is 19.4. The fourth-order valence-electron chi connectivity index (χ4n) is 4.97. The molecule has 1 aromatic carbocycles. The molecular formula is C28H45FN4O2S. The molecule has 0 bridgehead atoms. The molecule has 2 fully saturated rings. The fraction of sp³-hybridized carbons (Fsp3) is 0.607. The minimum atomic E-state index is -0.104. The molecule has 0 amide bonds. The average molecular weight is 521 g/mol. The van der Waals surface area contributed by atoms with E-state index < -0.39 is 0 Å². The summed E-state index contributed by atoms with van der Waals surface area (Å²) >= 11 is 1.60. The molecule has 1 atom stereocenters. The number of carbonyl (C=O) groups is 2. The Morgan fingerprint density at radius 1 is 1.28 bits per heavy atom. The van der Waals surface area contributed by atoms with Gasteiger partial charge < -0.3 is 20.2 Å². The Labute approximate surface area is 221 Å². The van der Waals surface area contributed by atoms with Crippen LogP contribution in [0.15, 0.2) is 23.7 Å². The molecular weight excluding hydrogens is 475 g/mol. The van der Waals surface area contributed by atoms with Crippen molar-refractivity contribution in [3.63, 3.8) is 0 Å². The standard InChI is InChI=1S/C19H29FN2.C4H6N2S.C4H8O.CH2O/c1-5-15-9-14(2)16(20)10-17(15)21-12-19-7-6-8-22(19)13-18(3,4)11-19;1-5-4-6-2-3-7-4;1-3-4(2)5;1-2/h9-10,21H,5-8,11-13H2,1-4H3;2-3H,1H3,(H,5,6);3H2,1-2H3;1H2. The van der Waals surface area contributed by atoms with Gasteiger partial charge in [-0.25, -0.2) is 9.37 Å². The number of Topliss-reactive ketones (excluding diaryl/α,β-unsaturated/α-hetero) is 1. The Balaban J connectivity index is 0.000000381. The van der Waals surface area contributed by atoms with E-state index in [-0.39, 0.29) is 17.1 Å². The minimum absolute atomic E-state index is 0.104. The molecule has 202 valence electrons. The van der Waals surface area contributed by atoms with Crippen molar-refractivity contribution in [1.29, 1.82) is 0 Å². The van der Waals surface area contributed by atoms with Crippen molar-refractivity contribution in [3.05, 3.63) is 40.7 Å². The van der Waals surface area contributed by atoms with E-state index in [1.54, 1.807) is 30.5 Å². The maximum absolute atomic E-state index is 13.9. The van der Waals surface area contributed by atoms with Crippen molar-refractivity contribution in [2.75, 3.05) is 37.3 Å². The first-order valence-corrected chi connectivity index (χ1v) is 13.6. The molecule has 0 spiro atoms. The van der Waals surface area contributed by atoms with Crippen LogP contribution in [0.2, 0.25) is 0 Å². The Morgan fingerprint density at radius 2 is 1.94 bits per heavy atom. The maximum Gasteiger partial charge on any atom is 0.182 e. The van der Waals surface area contributed by atoms with Gasteiger partial charge in [-0.05, 0) is 68.7 Å². The van der Waals surface area contributed by atoms with E-state index >= 15 is 0 Å². The molecule has 0 saturated carbocycles. The van der Waals surface area contributed by atoms with Crippen molar-refractivity contribution in [2.24, 2.45) is 5.41 Å². The predicted molar refractivity (Wildman–Crippen MR) is 151 cm³/mol. The molecule has 2 aliphatic heterocycles. The minimum Gasteiger partial charge on any atom is -0.383 e. The second-order valence-electron chi connectivity index (χ2n) is 10.2. The smallest absolute Gasteiger partial charge is 0.182 e. The molecule has 0 aliphatic carbocycles. The molecule has 0 radical (unpaired) electrons. The van der Waals surface area contributed by atoms with Gasteiger partial charge in [-0.15, -0.1) is 11.3 Å². The van der Waals surface area contributed by atoms with Gasteiger partial charge in [0.1, 0.15) is 18.4 Å². The maximum atomic E-state index is 13.9. The summed E-state index contributed by atoms with van der Waals surface area (Å²) in [5.74, 6) is 0.150. The zero-order chi connectivity index (χ0) is 27.4. The fourth-order valence-corrected chi connectivity index (χ4v) is 5.46.